The molecule has 0 atom stereocenters. The van der Waals surface area contributed by atoms with Crippen LogP contribution in [0.15, 0.2) is 59.7 Å². The molecule has 0 fully saturated rings. The lowest BCUT2D eigenvalue weighted by Crippen LogP contribution is -2.24. The second-order valence-electron chi connectivity index (χ2n) is 5.88. The van der Waals surface area contributed by atoms with Gasteiger partial charge >= 0.3 is 6.03 Å². The number of urea groups is 1. The van der Waals surface area contributed by atoms with Gasteiger partial charge in [0.25, 0.3) is 0 Å². The molecule has 1 aromatic heterocycles. The van der Waals surface area contributed by atoms with Gasteiger partial charge < -0.3 is 10.3 Å². The van der Waals surface area contributed by atoms with Gasteiger partial charge in [-0.15, -0.1) is 0 Å². The lowest BCUT2D eigenvalue weighted by Gasteiger charge is -2.11. The number of nitrogens with zero attached hydrogens (tertiary/aromatic N) is 2. The first-order valence-electron chi connectivity index (χ1n) is 8.47. The molecule has 25 heavy (non-hydrogen) atoms. The van der Waals surface area contributed by atoms with Gasteiger partial charge in [-0.05, 0) is 18.1 Å². The minimum atomic E-state index is -0.674. The van der Waals surface area contributed by atoms with Gasteiger partial charge in [0.05, 0.1) is 11.9 Å². The van der Waals surface area contributed by atoms with E-state index in [0.717, 1.165) is 47.1 Å². The van der Waals surface area contributed by atoms with Crippen molar-refractivity contribution in [1.82, 2.24) is 9.99 Å². The molecule has 2 aromatic carbocycles. The highest BCUT2D eigenvalue weighted by atomic mass is 16.2. The molecular weight excluding hydrogens is 312 g/mol. The molecule has 3 aromatic rings. The zero-order valence-electron chi connectivity index (χ0n) is 14.3. The van der Waals surface area contributed by atoms with Crippen LogP contribution >= 0.6 is 0 Å². The van der Waals surface area contributed by atoms with Crippen molar-refractivity contribution < 1.29 is 4.79 Å². The van der Waals surface area contributed by atoms with E-state index in [4.69, 9.17) is 5.73 Å². The maximum Gasteiger partial charge on any atom is 0.332 e. The number of aromatic nitrogens is 1. The first kappa shape index (κ1) is 16.8. The van der Waals surface area contributed by atoms with E-state index in [9.17, 15) is 4.79 Å². The predicted octanol–water partition coefficient (Wildman–Crippen LogP) is 4.11. The van der Waals surface area contributed by atoms with E-state index in [-0.39, 0.29) is 0 Å². The highest BCUT2D eigenvalue weighted by Gasteiger charge is 2.16. The second kappa shape index (κ2) is 7.66. The number of amides is 2. The second-order valence-corrected chi connectivity index (χ2v) is 5.88. The van der Waals surface area contributed by atoms with Gasteiger partial charge in [0.1, 0.15) is 0 Å². The highest BCUT2D eigenvalue weighted by Crippen LogP contribution is 2.33. The minimum absolute atomic E-state index is 0.674. The molecule has 0 saturated carbocycles. The molecule has 2 amide bonds. The molecule has 0 spiro atoms. The fraction of sp³-hybridized carbons (Fsp3) is 0.200. The molecule has 0 radical (unpaired) electrons. The number of primary amides is 1. The Kier molecular flexibility index (Phi) is 5.14. The number of hydrazone groups is 1. The Bertz CT molecular complexity index is 897. The van der Waals surface area contributed by atoms with Crippen LogP contribution in [0.2, 0.25) is 0 Å². The maximum absolute atomic E-state index is 10.9. The Hall–Kier alpha value is -3.08. The molecule has 1 heterocycles. The molecule has 128 valence electrons. The van der Waals surface area contributed by atoms with Gasteiger partial charge in [-0.2, -0.15) is 5.10 Å². The number of hydrogen-bond acceptors (Lipinski definition) is 2. The Labute approximate surface area is 147 Å². The Morgan fingerprint density at radius 2 is 1.88 bits per heavy atom. The van der Waals surface area contributed by atoms with Gasteiger partial charge in [-0.25, -0.2) is 10.2 Å². The number of para-hydroxylation sites is 1. The zero-order valence-corrected chi connectivity index (χ0v) is 14.3. The number of aryl methyl sites for hydroxylation is 1. The van der Waals surface area contributed by atoms with E-state index >= 15 is 0 Å². The third-order valence-electron chi connectivity index (χ3n) is 4.16. The summed E-state index contributed by atoms with van der Waals surface area (Å²) in [7, 11) is 0. The van der Waals surface area contributed by atoms with Crippen molar-refractivity contribution in [2.24, 2.45) is 10.8 Å². The van der Waals surface area contributed by atoms with Crippen LogP contribution in [0, 0.1) is 0 Å². The van der Waals surface area contributed by atoms with Gasteiger partial charge in [-0.1, -0.05) is 61.9 Å². The Morgan fingerprint density at radius 3 is 2.60 bits per heavy atom. The number of carbonyl (C=O) groups is 1. The minimum Gasteiger partial charge on any atom is -0.350 e. The first-order chi connectivity index (χ1) is 12.2. The van der Waals surface area contributed by atoms with Gasteiger partial charge in [-0.3, -0.25) is 0 Å². The van der Waals surface area contributed by atoms with Crippen molar-refractivity contribution in [3.05, 3.63) is 60.2 Å². The number of rotatable bonds is 6. The maximum atomic E-state index is 10.9. The number of hydrogen-bond donors (Lipinski definition) is 2. The van der Waals surface area contributed by atoms with Crippen LogP contribution in [0.5, 0.6) is 0 Å². The summed E-state index contributed by atoms with van der Waals surface area (Å²) in [5, 5.41) is 5.11. The van der Waals surface area contributed by atoms with Gasteiger partial charge in [0.15, 0.2) is 0 Å². The van der Waals surface area contributed by atoms with E-state index < -0.39 is 6.03 Å². The van der Waals surface area contributed by atoms with Crippen molar-refractivity contribution in [2.45, 2.75) is 26.3 Å². The lowest BCUT2D eigenvalue weighted by atomic mass is 10.1. The molecule has 3 rings (SSSR count). The molecule has 0 unspecified atom stereocenters. The lowest BCUT2D eigenvalue weighted by molar-refractivity contribution is 0.249. The molecule has 3 N–H and O–H groups in total. The van der Waals surface area contributed by atoms with Crippen molar-refractivity contribution >= 4 is 23.1 Å². The van der Waals surface area contributed by atoms with E-state index in [2.05, 4.69) is 46.3 Å². The fourth-order valence-corrected chi connectivity index (χ4v) is 3.08. The van der Waals surface area contributed by atoms with Crippen molar-refractivity contribution in [3.63, 3.8) is 0 Å². The average Bonchev–Trinajstić information content (AvgIpc) is 2.94. The fourth-order valence-electron chi connectivity index (χ4n) is 3.08. The van der Waals surface area contributed by atoms with Crippen molar-refractivity contribution in [3.8, 4) is 11.3 Å². The van der Waals surface area contributed by atoms with Gasteiger partial charge in [0.2, 0.25) is 0 Å². The van der Waals surface area contributed by atoms with Crippen molar-refractivity contribution in [2.75, 3.05) is 0 Å². The number of benzene rings is 2. The molecule has 0 saturated heterocycles. The average molecular weight is 334 g/mol. The van der Waals surface area contributed by atoms with Crippen LogP contribution in [0.3, 0.4) is 0 Å². The van der Waals surface area contributed by atoms with Crippen LogP contribution in [-0.2, 0) is 6.54 Å². The quantitative estimate of drug-likeness (QED) is 0.517. The molecular formula is C20H22N4O. The topological polar surface area (TPSA) is 72.4 Å². The highest BCUT2D eigenvalue weighted by molar-refractivity contribution is 6.06. The predicted molar refractivity (Wildman–Crippen MR) is 103 cm³/mol. The summed E-state index contributed by atoms with van der Waals surface area (Å²) in [6.45, 7) is 3.12. The summed E-state index contributed by atoms with van der Waals surface area (Å²) in [5.41, 5.74) is 11.8. The molecule has 5 nitrogen and oxygen atoms in total. The SMILES string of the molecule is CCCCn1c(-c2ccccc2)c(/C=N/NC(N)=O)c2ccccc21. The van der Waals surface area contributed by atoms with E-state index in [1.807, 2.05) is 30.3 Å². The summed E-state index contributed by atoms with van der Waals surface area (Å²) in [6, 6.07) is 17.8. The Balaban J connectivity index is 2.23. The first-order valence-corrected chi connectivity index (χ1v) is 8.47. The molecule has 0 aliphatic heterocycles. The summed E-state index contributed by atoms with van der Waals surface area (Å²) < 4.78 is 2.33. The van der Waals surface area contributed by atoms with E-state index in [0.29, 0.717) is 0 Å². The normalized spacial score (nSPS) is 11.2. The van der Waals surface area contributed by atoms with Gasteiger partial charge in [0, 0.05) is 23.0 Å². The molecule has 0 aliphatic carbocycles. The number of nitrogens with two attached hydrogens (primary N) is 1. The van der Waals surface area contributed by atoms with Crippen LogP contribution in [-0.4, -0.2) is 16.8 Å². The summed E-state index contributed by atoms with van der Waals surface area (Å²) in [4.78, 5) is 10.9. The number of unbranched alkanes of at least 4 members (excludes halogenated alkanes) is 1. The summed E-state index contributed by atoms with van der Waals surface area (Å²) >= 11 is 0. The largest absolute Gasteiger partial charge is 0.350 e. The Morgan fingerprint density at radius 1 is 1.16 bits per heavy atom. The van der Waals surface area contributed by atoms with E-state index in [1.54, 1.807) is 6.21 Å². The number of carbonyl (C=O) groups excluding carboxylic acids is 1. The van der Waals surface area contributed by atoms with Crippen LogP contribution < -0.4 is 11.2 Å². The number of fused-ring (bicyclic) bond motifs is 1. The van der Waals surface area contributed by atoms with Crippen LogP contribution in [0.4, 0.5) is 4.79 Å². The summed E-state index contributed by atoms with van der Waals surface area (Å²) in [5.74, 6) is 0. The summed E-state index contributed by atoms with van der Waals surface area (Å²) in [6.07, 6.45) is 3.89. The molecule has 0 aliphatic rings. The van der Waals surface area contributed by atoms with E-state index in [1.165, 1.54) is 0 Å². The standard InChI is InChI=1S/C20H22N4O/c1-2-3-13-24-18-12-8-7-11-16(18)17(14-22-23-20(21)25)19(24)15-9-5-4-6-10-15/h4-12,14H,2-3,13H2,1H3,(H3,21,23,25)/b22-14+. The van der Waals surface area contributed by atoms with Crippen LogP contribution in [0.1, 0.15) is 25.3 Å². The third-order valence-corrected chi connectivity index (χ3v) is 4.16. The zero-order chi connectivity index (χ0) is 17.6. The van der Waals surface area contributed by atoms with Crippen molar-refractivity contribution in [1.29, 1.82) is 0 Å². The molecule has 5 heteroatoms. The van der Waals surface area contributed by atoms with Crippen LogP contribution in [0.25, 0.3) is 22.2 Å². The monoisotopic (exact) mass is 334 g/mol. The molecule has 0 bridgehead atoms. The smallest absolute Gasteiger partial charge is 0.332 e. The third kappa shape index (κ3) is 3.55. The number of nitrogens with one attached hydrogen (secondary N) is 1.